The van der Waals surface area contributed by atoms with Crippen molar-refractivity contribution in [3.63, 3.8) is 0 Å². The van der Waals surface area contributed by atoms with Crippen molar-refractivity contribution >= 4 is 0 Å². The Morgan fingerprint density at radius 2 is 1.61 bits per heavy atom. The molecule has 0 saturated carbocycles. The van der Waals surface area contributed by atoms with E-state index in [1.165, 1.54) is 0 Å². The van der Waals surface area contributed by atoms with Crippen LogP contribution in [-0.2, 0) is 0 Å². The first kappa shape index (κ1) is 14.0. The number of aromatic nitrogens is 1. The highest BCUT2D eigenvalue weighted by Crippen LogP contribution is 2.42. The highest BCUT2D eigenvalue weighted by molar-refractivity contribution is 5.57. The van der Waals surface area contributed by atoms with E-state index in [2.05, 4.69) is 4.98 Å². The van der Waals surface area contributed by atoms with Gasteiger partial charge in [-0.1, -0.05) is 24.3 Å². The molecule has 3 aromatic rings. The standard InChI is InChI=1S/C18H15NO4/c1-22-11-8-6-10(7-9-11)18-19-14-15(20)12-4-2-3-5-13(12)16(21)17(14)23-18/h2-9,15-16,20-21H,1H3. The van der Waals surface area contributed by atoms with E-state index in [1.807, 2.05) is 24.3 Å². The first-order valence-electron chi connectivity index (χ1n) is 7.29. The zero-order valence-electron chi connectivity index (χ0n) is 12.4. The molecule has 5 nitrogen and oxygen atoms in total. The minimum atomic E-state index is -0.927. The maximum absolute atomic E-state index is 10.5. The van der Waals surface area contributed by atoms with Gasteiger partial charge in [0, 0.05) is 5.56 Å². The summed E-state index contributed by atoms with van der Waals surface area (Å²) < 4.78 is 10.9. The van der Waals surface area contributed by atoms with Crippen molar-refractivity contribution in [2.75, 3.05) is 7.11 Å². The highest BCUT2D eigenvalue weighted by atomic mass is 16.5. The van der Waals surface area contributed by atoms with Crippen molar-refractivity contribution in [3.05, 3.63) is 71.1 Å². The number of ether oxygens (including phenoxy) is 1. The topological polar surface area (TPSA) is 75.7 Å². The van der Waals surface area contributed by atoms with Crippen molar-refractivity contribution in [1.82, 2.24) is 4.98 Å². The van der Waals surface area contributed by atoms with Crippen molar-refractivity contribution in [3.8, 4) is 17.2 Å². The second-order valence-electron chi connectivity index (χ2n) is 5.43. The number of aliphatic hydroxyl groups excluding tert-OH is 2. The lowest BCUT2D eigenvalue weighted by molar-refractivity contribution is 0.151. The van der Waals surface area contributed by atoms with E-state index < -0.39 is 12.2 Å². The van der Waals surface area contributed by atoms with Crippen molar-refractivity contribution in [1.29, 1.82) is 0 Å². The van der Waals surface area contributed by atoms with Gasteiger partial charge in [0.15, 0.2) is 5.76 Å². The molecule has 2 unspecified atom stereocenters. The van der Waals surface area contributed by atoms with Gasteiger partial charge in [-0.15, -0.1) is 0 Å². The molecule has 0 fully saturated rings. The summed E-state index contributed by atoms with van der Waals surface area (Å²) in [6, 6.07) is 14.5. The molecule has 2 atom stereocenters. The Kier molecular flexibility index (Phi) is 3.18. The zero-order valence-corrected chi connectivity index (χ0v) is 12.4. The average molecular weight is 309 g/mol. The summed E-state index contributed by atoms with van der Waals surface area (Å²) in [6.07, 6.45) is -1.83. The van der Waals surface area contributed by atoms with Gasteiger partial charge in [-0.2, -0.15) is 0 Å². The maximum atomic E-state index is 10.5. The van der Waals surface area contributed by atoms with Crippen LogP contribution in [-0.4, -0.2) is 22.3 Å². The number of nitrogens with zero attached hydrogens (tertiary/aromatic N) is 1. The Labute approximate surface area is 132 Å². The normalized spacial score (nSPS) is 19.1. The van der Waals surface area contributed by atoms with Gasteiger partial charge < -0.3 is 19.4 Å². The molecular weight excluding hydrogens is 294 g/mol. The molecular formula is C18H15NO4. The molecule has 0 bridgehead atoms. The number of aliphatic hydroxyl groups is 2. The Morgan fingerprint density at radius 1 is 0.957 bits per heavy atom. The molecule has 0 spiro atoms. The van der Waals surface area contributed by atoms with Gasteiger partial charge in [-0.05, 0) is 35.4 Å². The fourth-order valence-corrected chi connectivity index (χ4v) is 2.89. The first-order chi connectivity index (χ1) is 11.2. The van der Waals surface area contributed by atoms with Crippen LogP contribution >= 0.6 is 0 Å². The molecule has 4 rings (SSSR count). The quantitative estimate of drug-likeness (QED) is 0.761. The van der Waals surface area contributed by atoms with Gasteiger partial charge in [-0.25, -0.2) is 4.98 Å². The van der Waals surface area contributed by atoms with E-state index in [9.17, 15) is 10.2 Å². The van der Waals surface area contributed by atoms with E-state index in [4.69, 9.17) is 9.15 Å². The highest BCUT2D eigenvalue weighted by Gasteiger charge is 2.35. The SMILES string of the molecule is COc1ccc(-c2nc3c(o2)C(O)c2ccccc2C3O)cc1. The molecule has 0 amide bonds. The third-order valence-electron chi connectivity index (χ3n) is 4.11. The third kappa shape index (κ3) is 2.13. The van der Waals surface area contributed by atoms with Crippen LogP contribution in [0.15, 0.2) is 52.9 Å². The first-order valence-corrected chi connectivity index (χ1v) is 7.29. The van der Waals surface area contributed by atoms with Gasteiger partial charge in [0.1, 0.15) is 23.7 Å². The van der Waals surface area contributed by atoms with E-state index in [-0.39, 0.29) is 0 Å². The molecule has 0 aliphatic heterocycles. The van der Waals surface area contributed by atoms with Crippen LogP contribution in [0.2, 0.25) is 0 Å². The number of benzene rings is 2. The van der Waals surface area contributed by atoms with E-state index >= 15 is 0 Å². The molecule has 0 radical (unpaired) electrons. The van der Waals surface area contributed by atoms with Crippen LogP contribution in [0.3, 0.4) is 0 Å². The maximum Gasteiger partial charge on any atom is 0.226 e. The summed E-state index contributed by atoms with van der Waals surface area (Å²) in [4.78, 5) is 4.39. The lowest BCUT2D eigenvalue weighted by Crippen LogP contribution is -2.16. The number of methoxy groups -OCH3 is 1. The minimum Gasteiger partial charge on any atom is -0.497 e. The Hall–Kier alpha value is -2.63. The third-order valence-corrected chi connectivity index (χ3v) is 4.11. The lowest BCUT2D eigenvalue weighted by Gasteiger charge is -2.23. The zero-order chi connectivity index (χ0) is 16.0. The Bertz CT molecular complexity index is 807. The molecule has 23 heavy (non-hydrogen) atoms. The summed E-state index contributed by atoms with van der Waals surface area (Å²) in [5.41, 5.74) is 2.41. The molecule has 5 heteroatoms. The molecule has 1 aliphatic rings. The van der Waals surface area contributed by atoms with Crippen molar-refractivity contribution in [2.24, 2.45) is 0 Å². The smallest absolute Gasteiger partial charge is 0.226 e. The van der Waals surface area contributed by atoms with Crippen LogP contribution < -0.4 is 4.74 Å². The monoisotopic (exact) mass is 309 g/mol. The van der Waals surface area contributed by atoms with Crippen molar-refractivity contribution < 1.29 is 19.4 Å². The van der Waals surface area contributed by atoms with Crippen LogP contribution in [0.1, 0.15) is 34.8 Å². The van der Waals surface area contributed by atoms with E-state index in [0.29, 0.717) is 28.5 Å². The molecule has 0 saturated heterocycles. The predicted molar refractivity (Wildman–Crippen MR) is 83.1 cm³/mol. The Balaban J connectivity index is 1.80. The van der Waals surface area contributed by atoms with E-state index in [0.717, 1.165) is 11.3 Å². The Morgan fingerprint density at radius 3 is 2.26 bits per heavy atom. The largest absolute Gasteiger partial charge is 0.497 e. The van der Waals surface area contributed by atoms with Gasteiger partial charge >= 0.3 is 0 Å². The van der Waals surface area contributed by atoms with Crippen LogP contribution in [0.25, 0.3) is 11.5 Å². The molecule has 1 aliphatic carbocycles. The fraction of sp³-hybridized carbons (Fsp3) is 0.167. The molecule has 1 aromatic heterocycles. The number of hydrogen-bond donors (Lipinski definition) is 2. The number of oxazole rings is 1. The second-order valence-corrected chi connectivity index (χ2v) is 5.43. The number of rotatable bonds is 2. The summed E-state index contributed by atoms with van der Waals surface area (Å²) in [6.45, 7) is 0. The number of fused-ring (bicyclic) bond motifs is 2. The molecule has 116 valence electrons. The summed E-state index contributed by atoms with van der Waals surface area (Å²) in [7, 11) is 1.60. The van der Waals surface area contributed by atoms with Gasteiger partial charge in [0.2, 0.25) is 5.89 Å². The summed E-state index contributed by atoms with van der Waals surface area (Å²) in [5, 5.41) is 21.0. The lowest BCUT2D eigenvalue weighted by atomic mass is 9.88. The molecule has 2 N–H and O–H groups in total. The van der Waals surface area contributed by atoms with E-state index in [1.54, 1.807) is 31.4 Å². The number of hydrogen-bond acceptors (Lipinski definition) is 5. The second kappa shape index (κ2) is 5.22. The molecule has 1 heterocycles. The van der Waals surface area contributed by atoms with Crippen LogP contribution in [0, 0.1) is 0 Å². The summed E-state index contributed by atoms with van der Waals surface area (Å²) in [5.74, 6) is 1.39. The molecule has 2 aromatic carbocycles. The van der Waals surface area contributed by atoms with Gasteiger partial charge in [0.25, 0.3) is 0 Å². The minimum absolute atomic E-state index is 0.294. The summed E-state index contributed by atoms with van der Waals surface area (Å²) >= 11 is 0. The average Bonchev–Trinajstić information content (AvgIpc) is 3.05. The van der Waals surface area contributed by atoms with Crippen LogP contribution in [0.5, 0.6) is 5.75 Å². The van der Waals surface area contributed by atoms with Gasteiger partial charge in [-0.3, -0.25) is 0 Å². The van der Waals surface area contributed by atoms with Crippen LogP contribution in [0.4, 0.5) is 0 Å². The van der Waals surface area contributed by atoms with Crippen molar-refractivity contribution in [2.45, 2.75) is 12.2 Å². The predicted octanol–water partition coefficient (Wildman–Crippen LogP) is 2.83. The van der Waals surface area contributed by atoms with Gasteiger partial charge in [0.05, 0.1) is 7.11 Å². The fourth-order valence-electron chi connectivity index (χ4n) is 2.89.